The van der Waals surface area contributed by atoms with E-state index >= 15 is 0 Å². The minimum atomic E-state index is -0.393. The van der Waals surface area contributed by atoms with Crippen LogP contribution in [0.15, 0.2) is 45.8 Å². The predicted molar refractivity (Wildman–Crippen MR) is 116 cm³/mol. The van der Waals surface area contributed by atoms with Crippen LogP contribution >= 0.6 is 39.3 Å². The van der Waals surface area contributed by atoms with E-state index in [0.29, 0.717) is 45.9 Å². The van der Waals surface area contributed by atoms with Crippen molar-refractivity contribution < 1.29 is 19.1 Å². The highest BCUT2D eigenvalue weighted by Crippen LogP contribution is 2.39. The largest absolute Gasteiger partial charge is 0.490 e. The first-order valence-electron chi connectivity index (χ1n) is 8.57. The summed E-state index contributed by atoms with van der Waals surface area (Å²) in [5, 5.41) is 0.0850. The average molecular weight is 483 g/mol. The zero-order chi connectivity index (χ0) is 20.3. The van der Waals surface area contributed by atoms with Gasteiger partial charge in [0.05, 0.1) is 23.8 Å². The van der Waals surface area contributed by atoms with Crippen molar-refractivity contribution in [3.05, 3.63) is 56.4 Å². The van der Waals surface area contributed by atoms with Gasteiger partial charge < -0.3 is 9.47 Å². The molecule has 2 aromatic carbocycles. The molecule has 0 aliphatic carbocycles. The Morgan fingerprint density at radius 1 is 1.11 bits per heavy atom. The molecule has 0 atom stereocenters. The summed E-state index contributed by atoms with van der Waals surface area (Å²) in [4.78, 5) is 26.7. The molecule has 2 aromatic rings. The molecule has 0 radical (unpaired) electrons. The smallest absolute Gasteiger partial charge is 0.298 e. The van der Waals surface area contributed by atoms with Crippen LogP contribution in [0.1, 0.15) is 19.4 Å². The van der Waals surface area contributed by atoms with Crippen molar-refractivity contribution in [2.45, 2.75) is 13.8 Å². The number of imide groups is 1. The molecule has 8 heteroatoms. The number of nitrogens with zero attached hydrogens (tertiary/aromatic N) is 1. The Hall–Kier alpha value is -1.96. The minimum Gasteiger partial charge on any atom is -0.490 e. The number of halogens is 2. The number of ether oxygens (including phenoxy) is 2. The average Bonchev–Trinajstić information content (AvgIpc) is 2.92. The fraction of sp³-hybridized carbons (Fsp3) is 0.200. The van der Waals surface area contributed by atoms with Crippen molar-refractivity contribution in [2.75, 3.05) is 18.1 Å². The fourth-order valence-electron chi connectivity index (χ4n) is 2.64. The van der Waals surface area contributed by atoms with E-state index in [1.807, 2.05) is 13.8 Å². The van der Waals surface area contributed by atoms with E-state index in [1.54, 1.807) is 42.5 Å². The molecule has 0 spiro atoms. The molecule has 1 aliphatic heterocycles. The molecule has 1 aliphatic rings. The van der Waals surface area contributed by atoms with Crippen molar-refractivity contribution in [2.24, 2.45) is 0 Å². The number of amides is 2. The Morgan fingerprint density at radius 3 is 2.43 bits per heavy atom. The zero-order valence-electron chi connectivity index (χ0n) is 15.2. The van der Waals surface area contributed by atoms with E-state index in [2.05, 4.69) is 15.9 Å². The van der Waals surface area contributed by atoms with Crippen LogP contribution in [0.5, 0.6) is 11.5 Å². The minimum absolute atomic E-state index is 0.317. The van der Waals surface area contributed by atoms with Gasteiger partial charge >= 0.3 is 0 Å². The van der Waals surface area contributed by atoms with Crippen molar-refractivity contribution in [3.63, 3.8) is 0 Å². The van der Waals surface area contributed by atoms with Crippen molar-refractivity contribution >= 4 is 62.2 Å². The second kappa shape index (κ2) is 9.03. The Kier molecular flexibility index (Phi) is 6.69. The highest BCUT2D eigenvalue weighted by molar-refractivity contribution is 9.10. The SMILES string of the molecule is CCOc1cc(Br)c(/C=C2/SC(=O)N(c3cccc(Cl)c3)C2=O)cc1OCC. The molecular weight excluding hydrogens is 466 g/mol. The molecule has 0 bridgehead atoms. The Morgan fingerprint density at radius 2 is 1.79 bits per heavy atom. The maximum Gasteiger partial charge on any atom is 0.298 e. The molecule has 28 heavy (non-hydrogen) atoms. The lowest BCUT2D eigenvalue weighted by molar-refractivity contribution is -0.113. The second-order valence-corrected chi connectivity index (χ2v) is 7.97. The van der Waals surface area contributed by atoms with E-state index < -0.39 is 5.91 Å². The number of carbonyl (C=O) groups excluding carboxylic acids is 2. The molecule has 146 valence electrons. The van der Waals surface area contributed by atoms with Crippen LogP contribution in [0.25, 0.3) is 6.08 Å². The van der Waals surface area contributed by atoms with Crippen molar-refractivity contribution in [1.29, 1.82) is 0 Å². The van der Waals surface area contributed by atoms with Gasteiger partial charge in [-0.2, -0.15) is 0 Å². The van der Waals surface area contributed by atoms with Gasteiger partial charge in [0, 0.05) is 9.50 Å². The number of hydrogen-bond donors (Lipinski definition) is 0. The molecule has 5 nitrogen and oxygen atoms in total. The van der Waals surface area contributed by atoms with Gasteiger partial charge in [-0.25, -0.2) is 4.90 Å². The number of thioether (sulfide) groups is 1. The number of rotatable bonds is 6. The summed E-state index contributed by atoms with van der Waals surface area (Å²) in [5.41, 5.74) is 1.16. The predicted octanol–water partition coefficient (Wildman–Crippen LogP) is 6.14. The van der Waals surface area contributed by atoms with Crippen LogP contribution in [0.3, 0.4) is 0 Å². The van der Waals surface area contributed by atoms with Crippen molar-refractivity contribution in [3.8, 4) is 11.5 Å². The molecule has 1 saturated heterocycles. The van der Waals surface area contributed by atoms with Gasteiger partial charge in [0.1, 0.15) is 0 Å². The quantitative estimate of drug-likeness (QED) is 0.463. The lowest BCUT2D eigenvalue weighted by Crippen LogP contribution is -2.27. The monoisotopic (exact) mass is 481 g/mol. The van der Waals surface area contributed by atoms with Crippen molar-refractivity contribution in [1.82, 2.24) is 0 Å². The standard InChI is InChI=1S/C20H17BrClNO4S/c1-3-26-16-8-12(15(21)11-17(16)27-4-2)9-18-19(24)23(20(25)28-18)14-7-5-6-13(22)10-14/h5-11H,3-4H2,1-2H3/b18-9+. The summed E-state index contributed by atoms with van der Waals surface area (Å²) < 4.78 is 12.0. The molecule has 0 unspecified atom stereocenters. The van der Waals surface area contributed by atoms with E-state index in [9.17, 15) is 9.59 Å². The first kappa shape index (κ1) is 20.8. The van der Waals surface area contributed by atoms with Crippen LogP contribution in [-0.4, -0.2) is 24.4 Å². The third-order valence-electron chi connectivity index (χ3n) is 3.81. The molecule has 1 fully saturated rings. The summed E-state index contributed by atoms with van der Waals surface area (Å²) in [6, 6.07) is 10.2. The summed E-state index contributed by atoms with van der Waals surface area (Å²) in [6.07, 6.45) is 1.66. The molecule has 0 N–H and O–H groups in total. The van der Waals surface area contributed by atoms with Gasteiger partial charge in [-0.3, -0.25) is 9.59 Å². The maximum absolute atomic E-state index is 12.8. The molecule has 0 aromatic heterocycles. The van der Waals surface area contributed by atoms with Crippen LogP contribution in [0, 0.1) is 0 Å². The Labute approximate surface area is 180 Å². The topological polar surface area (TPSA) is 55.8 Å². The zero-order valence-corrected chi connectivity index (χ0v) is 18.4. The third-order valence-corrected chi connectivity index (χ3v) is 5.60. The van der Waals surface area contributed by atoms with Crippen LogP contribution in [-0.2, 0) is 4.79 Å². The van der Waals surface area contributed by atoms with Gasteiger partial charge in [-0.05, 0) is 67.6 Å². The lowest BCUT2D eigenvalue weighted by Gasteiger charge is -2.13. The van der Waals surface area contributed by atoms with Crippen LogP contribution in [0.2, 0.25) is 5.02 Å². The Bertz CT molecular complexity index is 963. The fourth-order valence-corrected chi connectivity index (χ4v) is 4.10. The molecule has 0 saturated carbocycles. The number of benzene rings is 2. The van der Waals surface area contributed by atoms with Gasteiger partial charge in [0.15, 0.2) is 11.5 Å². The lowest BCUT2D eigenvalue weighted by atomic mass is 10.1. The number of hydrogen-bond acceptors (Lipinski definition) is 5. The molecule has 2 amide bonds. The highest BCUT2D eigenvalue weighted by Gasteiger charge is 2.36. The number of carbonyl (C=O) groups is 2. The third kappa shape index (κ3) is 4.37. The van der Waals surface area contributed by atoms with Gasteiger partial charge in [-0.1, -0.05) is 33.6 Å². The normalized spacial score (nSPS) is 15.4. The first-order valence-corrected chi connectivity index (χ1v) is 10.6. The van der Waals surface area contributed by atoms with E-state index in [4.69, 9.17) is 21.1 Å². The summed E-state index contributed by atoms with van der Waals surface area (Å²) in [7, 11) is 0. The van der Waals surface area contributed by atoms with Gasteiger partial charge in [-0.15, -0.1) is 0 Å². The maximum atomic E-state index is 12.8. The van der Waals surface area contributed by atoms with Gasteiger partial charge in [0.25, 0.3) is 11.1 Å². The molecule has 3 rings (SSSR count). The van der Waals surface area contributed by atoms with E-state index in [1.165, 1.54) is 0 Å². The van der Waals surface area contributed by atoms with Gasteiger partial charge in [0.2, 0.25) is 0 Å². The van der Waals surface area contributed by atoms with E-state index in [0.717, 1.165) is 21.1 Å². The van der Waals surface area contributed by atoms with E-state index in [-0.39, 0.29) is 5.24 Å². The second-order valence-electron chi connectivity index (χ2n) is 5.68. The summed E-state index contributed by atoms with van der Waals surface area (Å²) in [6.45, 7) is 4.76. The first-order chi connectivity index (χ1) is 13.4. The Balaban J connectivity index is 1.96. The molecular formula is C20H17BrClNO4S. The summed E-state index contributed by atoms with van der Waals surface area (Å²) >= 11 is 10.4. The molecule has 1 heterocycles. The summed E-state index contributed by atoms with van der Waals surface area (Å²) in [5.74, 6) is 0.796. The van der Waals surface area contributed by atoms with Crippen LogP contribution in [0.4, 0.5) is 10.5 Å². The van der Waals surface area contributed by atoms with Crippen LogP contribution < -0.4 is 14.4 Å². The highest BCUT2D eigenvalue weighted by atomic mass is 79.9. The number of anilines is 1.